The Morgan fingerprint density at radius 1 is 1.00 bits per heavy atom. The van der Waals surface area contributed by atoms with Crippen molar-refractivity contribution in [1.82, 2.24) is 15.2 Å². The van der Waals surface area contributed by atoms with Crippen LogP contribution in [0.1, 0.15) is 5.56 Å². The first-order chi connectivity index (χ1) is 11.6. The maximum absolute atomic E-state index is 12.9. The molecule has 0 spiro atoms. The molecule has 0 saturated heterocycles. The van der Waals surface area contributed by atoms with Crippen LogP contribution < -0.4 is 10.6 Å². The number of halogens is 3. The van der Waals surface area contributed by atoms with Crippen molar-refractivity contribution < 1.29 is 4.39 Å². The lowest BCUT2D eigenvalue weighted by molar-refractivity contribution is 0.627. The van der Waals surface area contributed by atoms with Crippen LogP contribution in [0.4, 0.5) is 21.8 Å². The number of hydrogen-bond acceptors (Lipinski definition) is 5. The van der Waals surface area contributed by atoms with Crippen molar-refractivity contribution in [2.75, 3.05) is 10.6 Å². The highest BCUT2D eigenvalue weighted by Gasteiger charge is 2.03. The van der Waals surface area contributed by atoms with Gasteiger partial charge in [0.2, 0.25) is 5.95 Å². The van der Waals surface area contributed by atoms with E-state index in [-0.39, 0.29) is 5.82 Å². The van der Waals surface area contributed by atoms with Gasteiger partial charge in [0.15, 0.2) is 5.82 Å². The van der Waals surface area contributed by atoms with Gasteiger partial charge >= 0.3 is 0 Å². The Morgan fingerprint density at radius 2 is 1.71 bits per heavy atom. The maximum atomic E-state index is 12.9. The summed E-state index contributed by atoms with van der Waals surface area (Å²) in [5, 5.41) is 14.9. The van der Waals surface area contributed by atoms with Crippen LogP contribution in [-0.4, -0.2) is 15.2 Å². The lowest BCUT2D eigenvalue weighted by atomic mass is 10.2. The van der Waals surface area contributed by atoms with E-state index in [0.29, 0.717) is 34.0 Å². The molecule has 122 valence electrons. The van der Waals surface area contributed by atoms with Gasteiger partial charge in [-0.25, -0.2) is 4.39 Å². The molecule has 0 fully saturated rings. The van der Waals surface area contributed by atoms with E-state index in [0.717, 1.165) is 5.56 Å². The smallest absolute Gasteiger partial charge is 0.244 e. The predicted octanol–water partition coefficient (Wildman–Crippen LogP) is 4.67. The molecule has 0 aliphatic rings. The highest BCUT2D eigenvalue weighted by Crippen LogP contribution is 2.24. The first-order valence-electron chi connectivity index (χ1n) is 7.00. The molecule has 0 radical (unpaired) electrons. The number of rotatable bonds is 5. The summed E-state index contributed by atoms with van der Waals surface area (Å²) < 4.78 is 12.9. The molecule has 0 unspecified atom stereocenters. The summed E-state index contributed by atoms with van der Waals surface area (Å²) in [6, 6.07) is 11.3. The summed E-state index contributed by atoms with van der Waals surface area (Å²) >= 11 is 11.9. The number of aromatic nitrogens is 3. The molecule has 8 heteroatoms. The van der Waals surface area contributed by atoms with E-state index in [1.54, 1.807) is 30.3 Å². The molecule has 0 amide bonds. The fraction of sp³-hybridized carbons (Fsp3) is 0.0625. The van der Waals surface area contributed by atoms with E-state index in [9.17, 15) is 4.39 Å². The Hall–Kier alpha value is -2.44. The minimum atomic E-state index is -0.275. The second-order valence-electron chi connectivity index (χ2n) is 4.93. The van der Waals surface area contributed by atoms with Gasteiger partial charge in [-0.3, -0.25) is 0 Å². The van der Waals surface area contributed by atoms with Gasteiger partial charge in [-0.05, 0) is 35.9 Å². The summed E-state index contributed by atoms with van der Waals surface area (Å²) in [7, 11) is 0. The number of nitrogens with one attached hydrogen (secondary N) is 2. The molecule has 3 rings (SSSR count). The van der Waals surface area contributed by atoms with E-state index >= 15 is 0 Å². The topological polar surface area (TPSA) is 62.7 Å². The Morgan fingerprint density at radius 3 is 2.42 bits per heavy atom. The van der Waals surface area contributed by atoms with Gasteiger partial charge in [-0.2, -0.15) is 10.1 Å². The Labute approximate surface area is 147 Å². The standard InChI is InChI=1S/C16H12Cl2FN5/c17-11-5-12(18)7-14(6-11)22-15-9-21-24-16(23-15)20-8-10-1-3-13(19)4-2-10/h1-7,9H,8H2,(H2,20,22,23,24). The minimum absolute atomic E-state index is 0.275. The van der Waals surface area contributed by atoms with E-state index < -0.39 is 0 Å². The quantitative estimate of drug-likeness (QED) is 0.689. The van der Waals surface area contributed by atoms with Crippen LogP contribution >= 0.6 is 23.2 Å². The van der Waals surface area contributed by atoms with Crippen LogP contribution in [0, 0.1) is 5.82 Å². The van der Waals surface area contributed by atoms with Crippen molar-refractivity contribution in [2.24, 2.45) is 0 Å². The Kier molecular flexibility index (Phi) is 5.08. The van der Waals surface area contributed by atoms with Crippen molar-refractivity contribution in [3.05, 3.63) is 70.1 Å². The number of benzene rings is 2. The first-order valence-corrected chi connectivity index (χ1v) is 7.75. The molecule has 0 aliphatic carbocycles. The first kappa shape index (κ1) is 16.4. The van der Waals surface area contributed by atoms with Crippen LogP contribution in [0.5, 0.6) is 0 Å². The molecule has 0 bridgehead atoms. The molecular formula is C16H12Cl2FN5. The third-order valence-electron chi connectivity index (χ3n) is 3.06. The Balaban J connectivity index is 1.68. The van der Waals surface area contributed by atoms with Crippen molar-refractivity contribution >= 4 is 40.7 Å². The summed E-state index contributed by atoms with van der Waals surface area (Å²) in [4.78, 5) is 4.30. The highest BCUT2D eigenvalue weighted by molar-refractivity contribution is 6.35. The molecule has 0 aliphatic heterocycles. The van der Waals surface area contributed by atoms with Gasteiger partial charge in [0.25, 0.3) is 0 Å². The lowest BCUT2D eigenvalue weighted by Crippen LogP contribution is -2.06. The lowest BCUT2D eigenvalue weighted by Gasteiger charge is -2.08. The average molecular weight is 364 g/mol. The molecule has 2 aromatic carbocycles. The van der Waals surface area contributed by atoms with Gasteiger partial charge in [-0.15, -0.1) is 5.10 Å². The summed E-state index contributed by atoms with van der Waals surface area (Å²) in [6.45, 7) is 0.453. The van der Waals surface area contributed by atoms with Crippen LogP contribution in [0.15, 0.2) is 48.7 Å². The van der Waals surface area contributed by atoms with Crippen molar-refractivity contribution in [3.8, 4) is 0 Å². The second-order valence-corrected chi connectivity index (χ2v) is 5.80. The molecule has 0 atom stereocenters. The summed E-state index contributed by atoms with van der Waals surface area (Å²) in [5.74, 6) is 0.561. The molecule has 0 saturated carbocycles. The van der Waals surface area contributed by atoms with Crippen LogP contribution in [-0.2, 0) is 6.54 Å². The van der Waals surface area contributed by atoms with Crippen molar-refractivity contribution in [1.29, 1.82) is 0 Å². The van der Waals surface area contributed by atoms with Gasteiger partial charge in [0, 0.05) is 22.3 Å². The monoisotopic (exact) mass is 363 g/mol. The average Bonchev–Trinajstić information content (AvgIpc) is 2.54. The summed E-state index contributed by atoms with van der Waals surface area (Å²) in [5.41, 5.74) is 1.59. The van der Waals surface area contributed by atoms with Gasteiger partial charge < -0.3 is 10.6 Å². The largest absolute Gasteiger partial charge is 0.349 e. The zero-order valence-corrected chi connectivity index (χ0v) is 13.8. The molecule has 1 aromatic heterocycles. The number of nitrogens with zero attached hydrogens (tertiary/aromatic N) is 3. The molecule has 1 heterocycles. The molecule has 2 N–H and O–H groups in total. The highest BCUT2D eigenvalue weighted by atomic mass is 35.5. The maximum Gasteiger partial charge on any atom is 0.244 e. The van der Waals surface area contributed by atoms with Crippen LogP contribution in [0.3, 0.4) is 0 Å². The van der Waals surface area contributed by atoms with Crippen LogP contribution in [0.25, 0.3) is 0 Å². The third kappa shape index (κ3) is 4.53. The Bertz CT molecular complexity index is 822. The third-order valence-corrected chi connectivity index (χ3v) is 3.49. The zero-order valence-electron chi connectivity index (χ0n) is 12.3. The molecule has 24 heavy (non-hydrogen) atoms. The predicted molar refractivity (Wildman–Crippen MR) is 93.3 cm³/mol. The van der Waals surface area contributed by atoms with E-state index in [1.807, 2.05) is 0 Å². The van der Waals surface area contributed by atoms with Gasteiger partial charge in [0.05, 0.1) is 6.20 Å². The minimum Gasteiger partial charge on any atom is -0.349 e. The van der Waals surface area contributed by atoms with Crippen LogP contribution in [0.2, 0.25) is 10.0 Å². The van der Waals surface area contributed by atoms with Crippen molar-refractivity contribution in [3.63, 3.8) is 0 Å². The molecular weight excluding hydrogens is 352 g/mol. The number of hydrogen-bond donors (Lipinski definition) is 2. The zero-order chi connectivity index (χ0) is 16.9. The van der Waals surface area contributed by atoms with Crippen molar-refractivity contribution in [2.45, 2.75) is 6.54 Å². The van der Waals surface area contributed by atoms with Gasteiger partial charge in [-0.1, -0.05) is 35.3 Å². The fourth-order valence-corrected chi connectivity index (χ4v) is 2.52. The van der Waals surface area contributed by atoms with E-state index in [4.69, 9.17) is 23.2 Å². The number of anilines is 3. The van der Waals surface area contributed by atoms with Gasteiger partial charge in [0.1, 0.15) is 5.82 Å². The SMILES string of the molecule is Fc1ccc(CNc2nncc(Nc3cc(Cl)cc(Cl)c3)n2)cc1. The normalized spacial score (nSPS) is 10.5. The summed E-state index contributed by atoms with van der Waals surface area (Å²) in [6.07, 6.45) is 1.48. The second kappa shape index (κ2) is 7.42. The van der Waals surface area contributed by atoms with E-state index in [1.165, 1.54) is 18.3 Å². The van der Waals surface area contributed by atoms with E-state index in [2.05, 4.69) is 25.8 Å². The molecule has 3 aromatic rings. The molecule has 5 nitrogen and oxygen atoms in total. The fourth-order valence-electron chi connectivity index (χ4n) is 2.00.